The molecule has 1 unspecified atom stereocenters. The number of fused-ring (bicyclic) bond motifs is 3. The lowest BCUT2D eigenvalue weighted by Gasteiger charge is -2.40. The van der Waals surface area contributed by atoms with Gasteiger partial charge in [0, 0.05) is 49.9 Å². The maximum absolute atomic E-state index is 13.0. The number of likely N-dealkylation sites (tertiary alicyclic amines) is 2. The summed E-state index contributed by atoms with van der Waals surface area (Å²) in [7, 11) is 0. The number of piperidine rings is 2. The molecule has 2 amide bonds. The Balaban J connectivity index is 1.30. The van der Waals surface area contributed by atoms with Gasteiger partial charge in [-0.25, -0.2) is 9.79 Å². The van der Waals surface area contributed by atoms with Crippen LogP contribution in [-0.2, 0) is 0 Å². The highest BCUT2D eigenvalue weighted by Gasteiger charge is 2.39. The quantitative estimate of drug-likeness (QED) is 0.751. The smallest absolute Gasteiger partial charge is 0.320 e. The molecule has 0 radical (unpaired) electrons. The first-order valence-electron chi connectivity index (χ1n) is 9.94. The van der Waals surface area contributed by atoms with Gasteiger partial charge >= 0.3 is 6.03 Å². The molecule has 0 saturated carbocycles. The average molecular weight is 389 g/mol. The Morgan fingerprint density at radius 1 is 1.19 bits per heavy atom. The second kappa shape index (κ2) is 6.86. The standard InChI is InChI=1S/C19H25ClN6O/c20-14-4-8-24(9-5-14)19(27)25-7-1-2-13(12-25)18-23-11-15-10-22-17-16(26(15)18)3-6-21-17/h3,6,10,13-15,21H,1-2,4-5,7-9,11-12H2/t13-,15?/m1/s1. The number of hydrogen-bond acceptors (Lipinski definition) is 4. The number of hydrogen-bond donors (Lipinski definition) is 1. The van der Waals surface area contributed by atoms with Crippen molar-refractivity contribution in [3.8, 4) is 0 Å². The fraction of sp³-hybridized carbons (Fsp3) is 0.632. The van der Waals surface area contributed by atoms with E-state index in [0.29, 0.717) is 0 Å². The molecule has 1 N–H and O–H groups in total. The van der Waals surface area contributed by atoms with Gasteiger partial charge in [-0.05, 0) is 31.7 Å². The lowest BCUT2D eigenvalue weighted by molar-refractivity contribution is 0.129. The molecule has 144 valence electrons. The van der Waals surface area contributed by atoms with Crippen LogP contribution in [0.2, 0.25) is 0 Å². The van der Waals surface area contributed by atoms with Gasteiger partial charge in [-0.15, -0.1) is 11.6 Å². The fourth-order valence-electron chi connectivity index (χ4n) is 4.67. The molecule has 7 nitrogen and oxygen atoms in total. The number of halogens is 1. The van der Waals surface area contributed by atoms with E-state index < -0.39 is 0 Å². The number of nitrogens with zero attached hydrogens (tertiary/aromatic N) is 5. The summed E-state index contributed by atoms with van der Waals surface area (Å²) in [6.45, 7) is 3.87. The van der Waals surface area contributed by atoms with Crippen molar-refractivity contribution in [1.82, 2.24) is 14.8 Å². The van der Waals surface area contributed by atoms with Crippen LogP contribution in [0.3, 0.4) is 0 Å². The molecule has 2 atom stereocenters. The van der Waals surface area contributed by atoms with Crippen LogP contribution in [0, 0.1) is 5.92 Å². The van der Waals surface area contributed by atoms with Gasteiger partial charge in [0.2, 0.25) is 0 Å². The summed E-state index contributed by atoms with van der Waals surface area (Å²) >= 11 is 6.19. The number of H-pyrrole nitrogens is 1. The van der Waals surface area contributed by atoms with Crippen molar-refractivity contribution < 1.29 is 4.79 Å². The molecule has 0 bridgehead atoms. The number of urea groups is 1. The van der Waals surface area contributed by atoms with Crippen LogP contribution in [0.1, 0.15) is 25.7 Å². The predicted molar refractivity (Wildman–Crippen MR) is 108 cm³/mol. The molecule has 5 heterocycles. The van der Waals surface area contributed by atoms with Gasteiger partial charge < -0.3 is 19.7 Å². The fourth-order valence-corrected chi connectivity index (χ4v) is 4.86. The zero-order valence-corrected chi connectivity index (χ0v) is 16.1. The van der Waals surface area contributed by atoms with E-state index >= 15 is 0 Å². The zero-order valence-electron chi connectivity index (χ0n) is 15.4. The van der Waals surface area contributed by atoms with Gasteiger partial charge in [0.15, 0.2) is 5.82 Å². The SMILES string of the molecule is O=C(N1CCC(Cl)CC1)N1CCC[C@@H](C2=NCC3C=Nc4[nH]ccc4N23)C1. The Morgan fingerprint density at radius 2 is 2.04 bits per heavy atom. The van der Waals surface area contributed by atoms with E-state index in [0.717, 1.165) is 75.7 Å². The molecule has 4 aliphatic heterocycles. The lowest BCUT2D eigenvalue weighted by Crippen LogP contribution is -2.52. The average Bonchev–Trinajstić information content (AvgIpc) is 3.34. The summed E-state index contributed by atoms with van der Waals surface area (Å²) in [5.41, 5.74) is 1.10. The third-order valence-corrected chi connectivity index (χ3v) is 6.55. The van der Waals surface area contributed by atoms with Crippen LogP contribution in [0.25, 0.3) is 0 Å². The summed E-state index contributed by atoms with van der Waals surface area (Å²) in [4.78, 5) is 31.9. The highest BCUT2D eigenvalue weighted by molar-refractivity contribution is 6.20. The number of carbonyl (C=O) groups is 1. The summed E-state index contributed by atoms with van der Waals surface area (Å²) in [5.74, 6) is 2.30. The molecule has 1 aromatic rings. The molecule has 5 rings (SSSR count). The highest BCUT2D eigenvalue weighted by atomic mass is 35.5. The minimum Gasteiger partial charge on any atom is -0.345 e. The van der Waals surface area contributed by atoms with Crippen LogP contribution < -0.4 is 4.90 Å². The maximum atomic E-state index is 13.0. The summed E-state index contributed by atoms with van der Waals surface area (Å²) in [5, 5.41) is 0.212. The summed E-state index contributed by atoms with van der Waals surface area (Å²) < 4.78 is 0. The number of aliphatic imine (C=N–C) groups is 2. The van der Waals surface area contributed by atoms with E-state index in [-0.39, 0.29) is 23.4 Å². The Hall–Kier alpha value is -2.02. The van der Waals surface area contributed by atoms with Gasteiger partial charge in [-0.3, -0.25) is 4.99 Å². The first-order valence-corrected chi connectivity index (χ1v) is 10.4. The van der Waals surface area contributed by atoms with E-state index in [1.165, 1.54) is 0 Å². The van der Waals surface area contributed by atoms with Crippen molar-refractivity contribution in [3.05, 3.63) is 12.3 Å². The first kappa shape index (κ1) is 17.1. The van der Waals surface area contributed by atoms with Gasteiger partial charge in [-0.2, -0.15) is 0 Å². The molecule has 0 spiro atoms. The Bertz CT molecular complexity index is 781. The van der Waals surface area contributed by atoms with E-state index in [1.54, 1.807) is 0 Å². The Morgan fingerprint density at radius 3 is 2.89 bits per heavy atom. The zero-order chi connectivity index (χ0) is 18.4. The number of carbonyl (C=O) groups excluding carboxylic acids is 1. The van der Waals surface area contributed by atoms with Crippen molar-refractivity contribution >= 4 is 41.2 Å². The summed E-state index contributed by atoms with van der Waals surface area (Å²) in [6, 6.07) is 2.44. The Kier molecular flexibility index (Phi) is 4.34. The molecule has 0 aliphatic carbocycles. The lowest BCUT2D eigenvalue weighted by atomic mass is 9.95. The molecule has 4 aliphatic rings. The second-order valence-corrected chi connectivity index (χ2v) is 8.47. The number of amidine groups is 1. The number of alkyl halides is 1. The van der Waals surface area contributed by atoms with Crippen molar-refractivity contribution in [3.63, 3.8) is 0 Å². The molecule has 27 heavy (non-hydrogen) atoms. The third kappa shape index (κ3) is 3.02. The minimum atomic E-state index is 0.168. The molecule has 2 fully saturated rings. The monoisotopic (exact) mass is 388 g/mol. The number of aromatic amines is 1. The van der Waals surface area contributed by atoms with Crippen LogP contribution >= 0.6 is 11.6 Å². The van der Waals surface area contributed by atoms with Gasteiger partial charge in [-0.1, -0.05) is 0 Å². The number of amides is 2. The minimum absolute atomic E-state index is 0.168. The Labute approximate surface area is 164 Å². The second-order valence-electron chi connectivity index (χ2n) is 7.86. The highest BCUT2D eigenvalue weighted by Crippen LogP contribution is 2.37. The third-order valence-electron chi connectivity index (χ3n) is 6.11. The van der Waals surface area contributed by atoms with Crippen LogP contribution in [0.5, 0.6) is 0 Å². The van der Waals surface area contributed by atoms with Gasteiger partial charge in [0.1, 0.15) is 5.84 Å². The van der Waals surface area contributed by atoms with E-state index in [9.17, 15) is 4.79 Å². The number of nitrogens with one attached hydrogen (secondary N) is 1. The van der Waals surface area contributed by atoms with Gasteiger partial charge in [0.05, 0.1) is 18.3 Å². The number of rotatable bonds is 1. The maximum Gasteiger partial charge on any atom is 0.320 e. The van der Waals surface area contributed by atoms with Gasteiger partial charge in [0.25, 0.3) is 0 Å². The van der Waals surface area contributed by atoms with Crippen LogP contribution in [-0.4, -0.2) is 77.0 Å². The molecule has 8 heteroatoms. The largest absolute Gasteiger partial charge is 0.345 e. The normalized spacial score (nSPS) is 28.2. The number of aromatic nitrogens is 1. The van der Waals surface area contributed by atoms with Crippen molar-refractivity contribution in [2.45, 2.75) is 37.1 Å². The number of anilines is 1. The predicted octanol–water partition coefficient (Wildman–Crippen LogP) is 2.85. The van der Waals surface area contributed by atoms with Crippen molar-refractivity contribution in [1.29, 1.82) is 0 Å². The van der Waals surface area contributed by atoms with Crippen LogP contribution in [0.15, 0.2) is 22.2 Å². The van der Waals surface area contributed by atoms with Crippen molar-refractivity contribution in [2.24, 2.45) is 15.9 Å². The molecule has 1 aromatic heterocycles. The topological polar surface area (TPSA) is 67.3 Å². The first-order chi connectivity index (χ1) is 13.2. The summed E-state index contributed by atoms with van der Waals surface area (Å²) in [6.07, 6.45) is 7.79. The van der Waals surface area contributed by atoms with E-state index in [2.05, 4.69) is 20.9 Å². The van der Waals surface area contributed by atoms with Crippen molar-refractivity contribution in [2.75, 3.05) is 37.6 Å². The molecule has 2 saturated heterocycles. The van der Waals surface area contributed by atoms with E-state index in [1.807, 2.05) is 22.2 Å². The molecular formula is C19H25ClN6O. The molecular weight excluding hydrogens is 364 g/mol. The van der Waals surface area contributed by atoms with Crippen LogP contribution in [0.4, 0.5) is 16.3 Å². The molecule has 0 aromatic carbocycles. The van der Waals surface area contributed by atoms with E-state index in [4.69, 9.17) is 16.6 Å².